The molecule has 1 aliphatic heterocycles. The Morgan fingerprint density at radius 3 is 2.61 bits per heavy atom. The smallest absolute Gasteiger partial charge is 0.410 e. The summed E-state index contributed by atoms with van der Waals surface area (Å²) in [6.45, 7) is 6.52. The molecule has 0 saturated carbocycles. The summed E-state index contributed by atoms with van der Waals surface area (Å²) in [5, 5.41) is 2.88. The Hall–Kier alpha value is -2.24. The van der Waals surface area contributed by atoms with Gasteiger partial charge in [-0.3, -0.25) is 4.79 Å². The summed E-state index contributed by atoms with van der Waals surface area (Å²) in [5.41, 5.74) is -0.512. The second-order valence-corrected chi connectivity index (χ2v) is 6.58. The topological polar surface area (TPSA) is 67.9 Å². The molecule has 1 N–H and O–H groups in total. The molecule has 23 heavy (non-hydrogen) atoms. The standard InChI is InChI=1S/C17H24N2O4/c1-17(2,3)23-16(21)19-10-9-13(11-19)18-15(20)12-22-14-7-5-4-6-8-14/h4-8,13H,9-12H2,1-3H3,(H,18,20)/t13-/m0/s1. The zero-order chi connectivity index (χ0) is 16.9. The molecular weight excluding hydrogens is 296 g/mol. The van der Waals surface area contributed by atoms with E-state index >= 15 is 0 Å². The summed E-state index contributed by atoms with van der Waals surface area (Å²) in [7, 11) is 0. The monoisotopic (exact) mass is 320 g/mol. The molecule has 0 unspecified atom stereocenters. The van der Waals surface area contributed by atoms with E-state index in [-0.39, 0.29) is 24.6 Å². The highest BCUT2D eigenvalue weighted by molar-refractivity contribution is 5.78. The van der Waals surface area contributed by atoms with Gasteiger partial charge in [0, 0.05) is 19.1 Å². The van der Waals surface area contributed by atoms with Crippen LogP contribution in [0.15, 0.2) is 30.3 Å². The van der Waals surface area contributed by atoms with Crippen LogP contribution in [0.5, 0.6) is 5.75 Å². The number of nitrogens with zero attached hydrogens (tertiary/aromatic N) is 1. The Kier molecular flexibility index (Phi) is 5.47. The SMILES string of the molecule is CC(C)(C)OC(=O)N1CC[C@H](NC(=O)COc2ccccc2)C1. The zero-order valence-corrected chi connectivity index (χ0v) is 13.9. The van der Waals surface area contributed by atoms with E-state index in [1.54, 1.807) is 17.0 Å². The Morgan fingerprint density at radius 2 is 1.96 bits per heavy atom. The fraction of sp³-hybridized carbons (Fsp3) is 0.529. The molecule has 0 spiro atoms. The van der Waals surface area contributed by atoms with Gasteiger partial charge in [0.1, 0.15) is 11.4 Å². The fourth-order valence-corrected chi connectivity index (χ4v) is 2.31. The molecule has 1 aromatic rings. The number of rotatable bonds is 4. The maximum atomic E-state index is 12.0. The molecule has 1 aromatic carbocycles. The van der Waals surface area contributed by atoms with Crippen LogP contribution in [0.2, 0.25) is 0 Å². The van der Waals surface area contributed by atoms with Crippen molar-refractivity contribution < 1.29 is 19.1 Å². The lowest BCUT2D eigenvalue weighted by Gasteiger charge is -2.24. The zero-order valence-electron chi connectivity index (χ0n) is 13.9. The molecule has 0 radical (unpaired) electrons. The maximum Gasteiger partial charge on any atom is 0.410 e. The van der Waals surface area contributed by atoms with Gasteiger partial charge in [-0.1, -0.05) is 18.2 Å². The van der Waals surface area contributed by atoms with E-state index in [0.29, 0.717) is 18.8 Å². The van der Waals surface area contributed by atoms with Gasteiger partial charge in [0.15, 0.2) is 6.61 Å². The third kappa shape index (κ3) is 5.81. The molecule has 1 heterocycles. The molecule has 1 atom stereocenters. The van der Waals surface area contributed by atoms with Crippen molar-refractivity contribution in [3.05, 3.63) is 30.3 Å². The highest BCUT2D eigenvalue weighted by Crippen LogP contribution is 2.15. The van der Waals surface area contributed by atoms with Gasteiger partial charge in [0.25, 0.3) is 5.91 Å². The normalized spacial score (nSPS) is 17.7. The maximum absolute atomic E-state index is 12.0. The minimum atomic E-state index is -0.512. The van der Waals surface area contributed by atoms with Gasteiger partial charge in [-0.15, -0.1) is 0 Å². The van der Waals surface area contributed by atoms with Gasteiger partial charge in [-0.05, 0) is 39.3 Å². The predicted molar refractivity (Wildman–Crippen MR) is 86.3 cm³/mol. The van der Waals surface area contributed by atoms with Gasteiger partial charge in [0.2, 0.25) is 0 Å². The second-order valence-electron chi connectivity index (χ2n) is 6.58. The number of nitrogens with one attached hydrogen (secondary N) is 1. The third-order valence-electron chi connectivity index (χ3n) is 3.32. The predicted octanol–water partition coefficient (Wildman–Crippen LogP) is 2.19. The fourth-order valence-electron chi connectivity index (χ4n) is 2.31. The van der Waals surface area contributed by atoms with Crippen LogP contribution < -0.4 is 10.1 Å². The number of hydrogen-bond donors (Lipinski definition) is 1. The highest BCUT2D eigenvalue weighted by Gasteiger charge is 2.30. The quantitative estimate of drug-likeness (QED) is 0.923. The number of amides is 2. The molecule has 0 aliphatic carbocycles. The lowest BCUT2D eigenvalue weighted by Crippen LogP contribution is -2.41. The average Bonchev–Trinajstić information content (AvgIpc) is 2.93. The molecule has 0 bridgehead atoms. The first-order chi connectivity index (χ1) is 10.8. The van der Waals surface area contributed by atoms with Crippen LogP contribution in [0.4, 0.5) is 4.79 Å². The van der Waals surface area contributed by atoms with Crippen molar-refractivity contribution in [2.75, 3.05) is 19.7 Å². The van der Waals surface area contributed by atoms with E-state index in [4.69, 9.17) is 9.47 Å². The second kappa shape index (κ2) is 7.35. The summed E-state index contributed by atoms with van der Waals surface area (Å²) in [4.78, 5) is 25.5. The summed E-state index contributed by atoms with van der Waals surface area (Å²) in [6, 6.07) is 9.12. The number of hydrogen-bond acceptors (Lipinski definition) is 4. The molecule has 126 valence electrons. The van der Waals surface area contributed by atoms with Crippen LogP contribution in [-0.4, -0.2) is 48.2 Å². The molecule has 1 fully saturated rings. The summed E-state index contributed by atoms with van der Waals surface area (Å²) in [6.07, 6.45) is 0.380. The summed E-state index contributed by atoms with van der Waals surface area (Å²) >= 11 is 0. The van der Waals surface area contributed by atoms with Crippen molar-refractivity contribution in [2.45, 2.75) is 38.8 Å². The summed E-state index contributed by atoms with van der Waals surface area (Å²) < 4.78 is 10.7. The molecule has 1 aliphatic rings. The van der Waals surface area contributed by atoms with Crippen molar-refractivity contribution in [1.82, 2.24) is 10.2 Å². The Bertz CT molecular complexity index is 539. The molecule has 6 nitrogen and oxygen atoms in total. The number of likely N-dealkylation sites (tertiary alicyclic amines) is 1. The van der Waals surface area contributed by atoms with Crippen LogP contribution >= 0.6 is 0 Å². The van der Waals surface area contributed by atoms with Crippen molar-refractivity contribution in [2.24, 2.45) is 0 Å². The first-order valence-corrected chi connectivity index (χ1v) is 7.78. The van der Waals surface area contributed by atoms with Crippen LogP contribution in [0, 0.1) is 0 Å². The number of benzene rings is 1. The van der Waals surface area contributed by atoms with Crippen molar-refractivity contribution in [3.8, 4) is 5.75 Å². The van der Waals surface area contributed by atoms with E-state index in [2.05, 4.69) is 5.32 Å². The van der Waals surface area contributed by atoms with Crippen LogP contribution in [0.3, 0.4) is 0 Å². The largest absolute Gasteiger partial charge is 0.484 e. The van der Waals surface area contributed by atoms with Crippen LogP contribution in [0.25, 0.3) is 0 Å². The van der Waals surface area contributed by atoms with Crippen molar-refractivity contribution in [3.63, 3.8) is 0 Å². The third-order valence-corrected chi connectivity index (χ3v) is 3.32. The van der Waals surface area contributed by atoms with E-state index < -0.39 is 5.60 Å². The van der Waals surface area contributed by atoms with Gasteiger partial charge in [0.05, 0.1) is 0 Å². The number of para-hydroxylation sites is 1. The molecule has 2 amide bonds. The number of ether oxygens (including phenoxy) is 2. The molecular formula is C17H24N2O4. The Balaban J connectivity index is 1.72. The lowest BCUT2D eigenvalue weighted by atomic mass is 10.2. The van der Waals surface area contributed by atoms with E-state index in [1.165, 1.54) is 0 Å². The number of carbonyl (C=O) groups is 2. The van der Waals surface area contributed by atoms with Gasteiger partial charge in [-0.25, -0.2) is 4.79 Å². The van der Waals surface area contributed by atoms with Gasteiger partial charge < -0.3 is 19.7 Å². The Labute approximate surface area is 136 Å². The van der Waals surface area contributed by atoms with Gasteiger partial charge in [-0.2, -0.15) is 0 Å². The lowest BCUT2D eigenvalue weighted by molar-refractivity contribution is -0.123. The van der Waals surface area contributed by atoms with Crippen LogP contribution in [-0.2, 0) is 9.53 Å². The molecule has 2 rings (SSSR count). The van der Waals surface area contributed by atoms with Crippen LogP contribution in [0.1, 0.15) is 27.2 Å². The molecule has 0 aromatic heterocycles. The minimum Gasteiger partial charge on any atom is -0.484 e. The van der Waals surface area contributed by atoms with E-state index in [1.807, 2.05) is 39.0 Å². The first kappa shape index (κ1) is 17.1. The minimum absolute atomic E-state index is 0.0348. The Morgan fingerprint density at radius 1 is 1.26 bits per heavy atom. The molecule has 1 saturated heterocycles. The van der Waals surface area contributed by atoms with Crippen molar-refractivity contribution >= 4 is 12.0 Å². The first-order valence-electron chi connectivity index (χ1n) is 7.78. The average molecular weight is 320 g/mol. The van der Waals surface area contributed by atoms with E-state index in [9.17, 15) is 9.59 Å². The summed E-state index contributed by atoms with van der Waals surface area (Å²) in [5.74, 6) is 0.467. The molecule has 6 heteroatoms. The van der Waals surface area contributed by atoms with E-state index in [0.717, 1.165) is 6.42 Å². The highest BCUT2D eigenvalue weighted by atomic mass is 16.6. The van der Waals surface area contributed by atoms with Gasteiger partial charge >= 0.3 is 6.09 Å². The van der Waals surface area contributed by atoms with Crippen molar-refractivity contribution in [1.29, 1.82) is 0 Å². The number of carbonyl (C=O) groups excluding carboxylic acids is 2.